The van der Waals surface area contributed by atoms with Crippen LogP contribution in [0.4, 0.5) is 4.79 Å². The van der Waals surface area contributed by atoms with Crippen LogP contribution in [0.2, 0.25) is 0 Å². The van der Waals surface area contributed by atoms with Gasteiger partial charge in [0.2, 0.25) is 11.1 Å². The average Bonchev–Trinajstić information content (AvgIpc) is 3.14. The van der Waals surface area contributed by atoms with Crippen LogP contribution in [0.25, 0.3) is 5.69 Å². The monoisotopic (exact) mass is 410 g/mol. The van der Waals surface area contributed by atoms with E-state index in [-0.39, 0.29) is 0 Å². The van der Waals surface area contributed by atoms with Crippen LogP contribution in [-0.4, -0.2) is 37.4 Å². The summed E-state index contributed by atoms with van der Waals surface area (Å²) in [6.45, 7) is 6.03. The molecule has 1 atom stereocenters. The number of tetrazole rings is 1. The molecule has 9 heteroatoms. The molecule has 1 heterocycles. The summed E-state index contributed by atoms with van der Waals surface area (Å²) in [5, 5.41) is 16.7. The van der Waals surface area contributed by atoms with Crippen LogP contribution in [0.15, 0.2) is 53.7 Å². The van der Waals surface area contributed by atoms with E-state index >= 15 is 0 Å². The molecule has 3 amide bonds. The molecule has 150 valence electrons. The Morgan fingerprint density at radius 2 is 1.79 bits per heavy atom. The fraction of sp³-hybridized carbons (Fsp3) is 0.250. The number of amides is 3. The third-order valence-electron chi connectivity index (χ3n) is 4.08. The van der Waals surface area contributed by atoms with Gasteiger partial charge in [0.05, 0.1) is 10.9 Å². The van der Waals surface area contributed by atoms with E-state index in [1.165, 1.54) is 11.8 Å². The van der Waals surface area contributed by atoms with Gasteiger partial charge in [0.25, 0.3) is 0 Å². The Hall–Kier alpha value is -3.20. The minimum absolute atomic E-state index is 0.340. The SMILES string of the molecule is Cc1cc(C)cc(-n2nnnc2S[C@H](C)C(=O)NC(=O)NCc2ccccc2)c1. The predicted octanol–water partition coefficient (Wildman–Crippen LogP) is 2.79. The van der Waals surface area contributed by atoms with Crippen LogP contribution in [0.1, 0.15) is 23.6 Å². The van der Waals surface area contributed by atoms with E-state index in [0.717, 1.165) is 22.4 Å². The number of aromatic nitrogens is 4. The number of carbonyl (C=O) groups is 2. The van der Waals surface area contributed by atoms with E-state index in [0.29, 0.717) is 11.7 Å². The lowest BCUT2D eigenvalue weighted by Gasteiger charge is -2.12. The fourth-order valence-electron chi connectivity index (χ4n) is 2.73. The lowest BCUT2D eigenvalue weighted by atomic mass is 10.1. The third kappa shape index (κ3) is 5.64. The molecule has 1 aromatic heterocycles. The molecule has 0 fully saturated rings. The topological polar surface area (TPSA) is 102 Å². The molecule has 8 nitrogen and oxygen atoms in total. The Labute approximate surface area is 173 Å². The summed E-state index contributed by atoms with van der Waals surface area (Å²) < 4.78 is 1.59. The number of benzene rings is 2. The van der Waals surface area contributed by atoms with E-state index in [4.69, 9.17) is 0 Å². The van der Waals surface area contributed by atoms with Crippen molar-refractivity contribution in [2.24, 2.45) is 0 Å². The number of hydrogen-bond acceptors (Lipinski definition) is 6. The average molecular weight is 411 g/mol. The van der Waals surface area contributed by atoms with Gasteiger partial charge in [-0.25, -0.2) is 4.79 Å². The number of urea groups is 1. The largest absolute Gasteiger partial charge is 0.334 e. The number of thioether (sulfide) groups is 1. The van der Waals surface area contributed by atoms with Gasteiger partial charge >= 0.3 is 6.03 Å². The lowest BCUT2D eigenvalue weighted by molar-refractivity contribution is -0.119. The first-order valence-corrected chi connectivity index (χ1v) is 9.96. The van der Waals surface area contributed by atoms with Gasteiger partial charge in [0.15, 0.2) is 0 Å². The van der Waals surface area contributed by atoms with Gasteiger partial charge in [-0.15, -0.1) is 5.10 Å². The van der Waals surface area contributed by atoms with Crippen LogP contribution in [0.3, 0.4) is 0 Å². The Morgan fingerprint density at radius 3 is 2.48 bits per heavy atom. The quantitative estimate of drug-likeness (QED) is 0.606. The number of rotatable bonds is 6. The maximum atomic E-state index is 12.4. The van der Waals surface area contributed by atoms with Crippen molar-refractivity contribution in [3.05, 3.63) is 65.2 Å². The first-order chi connectivity index (χ1) is 13.9. The van der Waals surface area contributed by atoms with Gasteiger partial charge in [-0.3, -0.25) is 10.1 Å². The molecule has 0 saturated heterocycles. The molecule has 0 aliphatic rings. The van der Waals surface area contributed by atoms with Gasteiger partial charge in [-0.1, -0.05) is 48.2 Å². The molecule has 0 spiro atoms. The van der Waals surface area contributed by atoms with E-state index in [9.17, 15) is 9.59 Å². The van der Waals surface area contributed by atoms with Crippen LogP contribution in [0.5, 0.6) is 0 Å². The highest BCUT2D eigenvalue weighted by atomic mass is 32.2. The van der Waals surface area contributed by atoms with E-state index in [1.807, 2.05) is 56.3 Å². The van der Waals surface area contributed by atoms with Crippen molar-refractivity contribution in [2.45, 2.75) is 37.7 Å². The summed E-state index contributed by atoms with van der Waals surface area (Å²) in [6.07, 6.45) is 0. The predicted molar refractivity (Wildman–Crippen MR) is 111 cm³/mol. The van der Waals surface area contributed by atoms with Crippen molar-refractivity contribution in [1.29, 1.82) is 0 Å². The Morgan fingerprint density at radius 1 is 1.10 bits per heavy atom. The Bertz CT molecular complexity index is 985. The fourth-order valence-corrected chi connectivity index (χ4v) is 3.54. The molecule has 0 aliphatic heterocycles. The second-order valence-corrected chi connectivity index (χ2v) is 7.94. The first kappa shape index (κ1) is 20.5. The van der Waals surface area contributed by atoms with E-state index < -0.39 is 17.2 Å². The molecule has 0 saturated carbocycles. The molecular weight excluding hydrogens is 388 g/mol. The highest BCUT2D eigenvalue weighted by molar-refractivity contribution is 8.00. The van der Waals surface area contributed by atoms with Crippen molar-refractivity contribution in [1.82, 2.24) is 30.8 Å². The highest BCUT2D eigenvalue weighted by Crippen LogP contribution is 2.23. The standard InChI is InChI=1S/C20H22N6O2S/c1-13-9-14(2)11-17(10-13)26-20(23-24-25-26)29-15(3)18(27)22-19(28)21-12-16-7-5-4-6-8-16/h4-11,15H,12H2,1-3H3,(H2,21,22,27,28)/t15-/m1/s1. The highest BCUT2D eigenvalue weighted by Gasteiger charge is 2.21. The second kappa shape index (κ2) is 9.33. The minimum atomic E-state index is -0.562. The number of nitrogens with one attached hydrogen (secondary N) is 2. The Kier molecular flexibility index (Phi) is 6.61. The number of imide groups is 1. The summed E-state index contributed by atoms with van der Waals surface area (Å²) in [6, 6.07) is 14.9. The zero-order valence-electron chi connectivity index (χ0n) is 16.4. The molecule has 3 rings (SSSR count). The van der Waals surface area contributed by atoms with E-state index in [2.05, 4.69) is 32.2 Å². The summed E-state index contributed by atoms with van der Waals surface area (Å²) in [5.74, 6) is -0.421. The smallest absolute Gasteiger partial charge is 0.321 e. The number of aryl methyl sites for hydroxylation is 2. The van der Waals surface area contributed by atoms with Crippen LogP contribution in [-0.2, 0) is 11.3 Å². The van der Waals surface area contributed by atoms with Crippen LogP contribution >= 0.6 is 11.8 Å². The minimum Gasteiger partial charge on any atom is -0.334 e. The number of carbonyl (C=O) groups excluding carboxylic acids is 2. The van der Waals surface area contributed by atoms with Gasteiger partial charge in [0, 0.05) is 6.54 Å². The molecule has 3 aromatic rings. The summed E-state index contributed by atoms with van der Waals surface area (Å²) in [5.41, 5.74) is 3.95. The van der Waals surface area contributed by atoms with Gasteiger partial charge < -0.3 is 5.32 Å². The molecule has 0 unspecified atom stereocenters. The molecular formula is C20H22N6O2S. The van der Waals surface area contributed by atoms with Gasteiger partial charge in [-0.05, 0) is 60.0 Å². The number of nitrogens with zero attached hydrogens (tertiary/aromatic N) is 4. The van der Waals surface area contributed by atoms with Gasteiger partial charge in [0.1, 0.15) is 0 Å². The molecule has 0 aliphatic carbocycles. The van der Waals surface area contributed by atoms with Crippen molar-refractivity contribution < 1.29 is 9.59 Å². The molecule has 29 heavy (non-hydrogen) atoms. The van der Waals surface area contributed by atoms with Crippen molar-refractivity contribution in [3.8, 4) is 5.69 Å². The zero-order valence-corrected chi connectivity index (χ0v) is 17.2. The van der Waals surface area contributed by atoms with Crippen molar-refractivity contribution in [2.75, 3.05) is 0 Å². The maximum absolute atomic E-state index is 12.4. The van der Waals surface area contributed by atoms with E-state index in [1.54, 1.807) is 11.6 Å². The Balaban J connectivity index is 1.59. The first-order valence-electron chi connectivity index (χ1n) is 9.08. The number of hydrogen-bond donors (Lipinski definition) is 2. The normalized spacial score (nSPS) is 11.7. The molecule has 0 bridgehead atoms. The summed E-state index contributed by atoms with van der Waals surface area (Å²) in [7, 11) is 0. The molecule has 0 radical (unpaired) electrons. The molecule has 2 aromatic carbocycles. The second-order valence-electron chi connectivity index (χ2n) is 6.64. The summed E-state index contributed by atoms with van der Waals surface area (Å²) >= 11 is 1.18. The molecule has 2 N–H and O–H groups in total. The van der Waals surface area contributed by atoms with Crippen LogP contribution in [0, 0.1) is 13.8 Å². The summed E-state index contributed by atoms with van der Waals surface area (Å²) in [4.78, 5) is 24.4. The van der Waals surface area contributed by atoms with Crippen molar-refractivity contribution >= 4 is 23.7 Å². The lowest BCUT2D eigenvalue weighted by Crippen LogP contribution is -2.42. The van der Waals surface area contributed by atoms with Gasteiger partial charge in [-0.2, -0.15) is 4.68 Å². The van der Waals surface area contributed by atoms with Crippen molar-refractivity contribution in [3.63, 3.8) is 0 Å². The zero-order chi connectivity index (χ0) is 20.8. The third-order valence-corrected chi connectivity index (χ3v) is 5.11. The van der Waals surface area contributed by atoms with Crippen LogP contribution < -0.4 is 10.6 Å². The maximum Gasteiger partial charge on any atom is 0.321 e.